The van der Waals surface area contributed by atoms with Crippen molar-refractivity contribution < 1.29 is 19.1 Å². The second kappa shape index (κ2) is 10.3. The van der Waals surface area contributed by atoms with Crippen LogP contribution in [-0.2, 0) is 13.1 Å². The van der Waals surface area contributed by atoms with Gasteiger partial charge in [0.15, 0.2) is 5.78 Å². The van der Waals surface area contributed by atoms with Crippen LogP contribution in [0.4, 0.5) is 0 Å². The molecule has 3 aromatic rings. The van der Waals surface area contributed by atoms with E-state index in [9.17, 15) is 9.90 Å². The van der Waals surface area contributed by atoms with E-state index in [1.165, 1.54) is 6.92 Å². The van der Waals surface area contributed by atoms with E-state index in [0.717, 1.165) is 11.3 Å². The van der Waals surface area contributed by atoms with Gasteiger partial charge < -0.3 is 14.3 Å². The molecule has 1 atom stereocenters. The van der Waals surface area contributed by atoms with Crippen LogP contribution >= 0.6 is 11.6 Å². The molecule has 0 saturated carbocycles. The summed E-state index contributed by atoms with van der Waals surface area (Å²) < 4.78 is 11.1. The first-order valence-electron chi connectivity index (χ1n) is 9.40. The number of aliphatic hydroxyl groups is 1. The fourth-order valence-electron chi connectivity index (χ4n) is 3.05. The molecule has 0 amide bonds. The first-order valence-corrected chi connectivity index (χ1v) is 9.78. The number of ketones is 1. The summed E-state index contributed by atoms with van der Waals surface area (Å²) in [7, 11) is 0. The lowest BCUT2D eigenvalue weighted by molar-refractivity contribution is 0.0604. The maximum Gasteiger partial charge on any atom is 0.159 e. The molecule has 1 heterocycles. The number of furan rings is 1. The Hall–Kier alpha value is -2.60. The summed E-state index contributed by atoms with van der Waals surface area (Å²) in [5, 5.41) is 11.2. The van der Waals surface area contributed by atoms with Crippen molar-refractivity contribution in [3.63, 3.8) is 0 Å². The zero-order valence-electron chi connectivity index (χ0n) is 16.3. The van der Waals surface area contributed by atoms with Gasteiger partial charge in [-0.15, -0.1) is 0 Å². The Bertz CT molecular complexity index is 926. The molecule has 0 spiro atoms. The van der Waals surface area contributed by atoms with Crippen LogP contribution in [0.1, 0.15) is 28.6 Å². The summed E-state index contributed by atoms with van der Waals surface area (Å²) in [6.45, 7) is 3.18. The lowest BCUT2D eigenvalue weighted by Gasteiger charge is -2.24. The molecule has 0 radical (unpaired) electrons. The van der Waals surface area contributed by atoms with Gasteiger partial charge in [0.2, 0.25) is 0 Å². The Morgan fingerprint density at radius 2 is 1.97 bits per heavy atom. The maximum absolute atomic E-state index is 11.5. The third kappa shape index (κ3) is 6.75. The minimum Gasteiger partial charge on any atom is -0.491 e. The van der Waals surface area contributed by atoms with Crippen molar-refractivity contribution in [3.8, 4) is 5.75 Å². The van der Waals surface area contributed by atoms with Gasteiger partial charge in [0, 0.05) is 23.7 Å². The second-order valence-electron chi connectivity index (χ2n) is 6.93. The van der Waals surface area contributed by atoms with Gasteiger partial charge in [-0.3, -0.25) is 9.69 Å². The van der Waals surface area contributed by atoms with Crippen molar-refractivity contribution in [2.75, 3.05) is 13.2 Å². The van der Waals surface area contributed by atoms with E-state index >= 15 is 0 Å². The van der Waals surface area contributed by atoms with Crippen molar-refractivity contribution >= 4 is 17.4 Å². The maximum atomic E-state index is 11.5. The van der Waals surface area contributed by atoms with E-state index in [1.54, 1.807) is 30.5 Å². The van der Waals surface area contributed by atoms with Crippen LogP contribution < -0.4 is 4.74 Å². The van der Waals surface area contributed by atoms with Gasteiger partial charge in [0.1, 0.15) is 24.2 Å². The van der Waals surface area contributed by atoms with Gasteiger partial charge in [-0.2, -0.15) is 0 Å². The molecule has 0 saturated heterocycles. The molecule has 0 bridgehead atoms. The molecular weight excluding hydrogens is 390 g/mol. The number of rotatable bonds is 10. The van der Waals surface area contributed by atoms with Crippen molar-refractivity contribution in [1.82, 2.24) is 4.90 Å². The predicted octanol–water partition coefficient (Wildman–Crippen LogP) is 4.58. The molecule has 0 aliphatic heterocycles. The van der Waals surface area contributed by atoms with Gasteiger partial charge >= 0.3 is 0 Å². The number of carbonyl (C=O) groups is 1. The molecule has 1 unspecified atom stereocenters. The van der Waals surface area contributed by atoms with Crippen LogP contribution in [0.25, 0.3) is 0 Å². The van der Waals surface area contributed by atoms with Crippen LogP contribution in [-0.4, -0.2) is 35.0 Å². The van der Waals surface area contributed by atoms with E-state index in [0.29, 0.717) is 36.0 Å². The number of hydrogen-bond donors (Lipinski definition) is 1. The predicted molar refractivity (Wildman–Crippen MR) is 112 cm³/mol. The third-order valence-corrected chi connectivity index (χ3v) is 4.64. The molecule has 152 valence electrons. The molecule has 3 rings (SSSR count). The Kier molecular flexibility index (Phi) is 7.47. The van der Waals surface area contributed by atoms with E-state index in [2.05, 4.69) is 4.90 Å². The molecule has 2 aromatic carbocycles. The summed E-state index contributed by atoms with van der Waals surface area (Å²) in [5.74, 6) is 1.35. The number of halogens is 1. The average Bonchev–Trinajstić information content (AvgIpc) is 3.19. The lowest BCUT2D eigenvalue weighted by atomic mass is 10.1. The highest BCUT2D eigenvalue weighted by Crippen LogP contribution is 2.17. The van der Waals surface area contributed by atoms with Gasteiger partial charge in [-0.1, -0.05) is 35.9 Å². The smallest absolute Gasteiger partial charge is 0.159 e. The zero-order valence-corrected chi connectivity index (χ0v) is 17.0. The fraction of sp³-hybridized carbons (Fsp3) is 0.261. The Morgan fingerprint density at radius 1 is 1.14 bits per heavy atom. The Balaban J connectivity index is 1.61. The van der Waals surface area contributed by atoms with Crippen LogP contribution in [0.2, 0.25) is 5.02 Å². The van der Waals surface area contributed by atoms with Crippen LogP contribution in [0.3, 0.4) is 0 Å². The Labute approximate surface area is 175 Å². The average molecular weight is 414 g/mol. The van der Waals surface area contributed by atoms with Crippen molar-refractivity contribution in [2.24, 2.45) is 0 Å². The monoisotopic (exact) mass is 413 g/mol. The SMILES string of the molecule is CC(=O)c1cccc(OCC(O)CN(Cc2cccc(Cl)c2)Cc2ccco2)c1. The number of aliphatic hydroxyl groups excluding tert-OH is 1. The fourth-order valence-corrected chi connectivity index (χ4v) is 3.26. The number of ether oxygens (including phenoxy) is 1. The minimum absolute atomic E-state index is 0.0258. The second-order valence-corrected chi connectivity index (χ2v) is 7.36. The van der Waals surface area contributed by atoms with E-state index in [1.807, 2.05) is 36.4 Å². The summed E-state index contributed by atoms with van der Waals surface area (Å²) in [6, 6.07) is 18.3. The number of Topliss-reactive ketones (excluding diaryl/α,β-unsaturated/α-hetero) is 1. The van der Waals surface area contributed by atoms with Gasteiger partial charge in [0.25, 0.3) is 0 Å². The van der Waals surface area contributed by atoms with E-state index < -0.39 is 6.10 Å². The molecule has 5 nitrogen and oxygen atoms in total. The van der Waals surface area contributed by atoms with Crippen LogP contribution in [0, 0.1) is 0 Å². The van der Waals surface area contributed by atoms with Crippen molar-refractivity contribution in [2.45, 2.75) is 26.1 Å². The van der Waals surface area contributed by atoms with Gasteiger partial charge in [0.05, 0.1) is 12.8 Å². The molecular formula is C23H24ClNO4. The highest BCUT2D eigenvalue weighted by molar-refractivity contribution is 6.30. The summed E-state index contributed by atoms with van der Waals surface area (Å²) in [5.41, 5.74) is 1.63. The molecule has 0 fully saturated rings. The molecule has 0 aliphatic rings. The first-order chi connectivity index (χ1) is 14.0. The standard InChI is InChI=1S/C23H24ClNO4/c1-17(26)19-6-3-8-22(12-19)29-16-21(27)14-25(15-23-9-4-10-28-23)13-18-5-2-7-20(24)11-18/h2-12,21,27H,13-16H2,1H3. The highest BCUT2D eigenvalue weighted by atomic mass is 35.5. The summed E-state index contributed by atoms with van der Waals surface area (Å²) in [6.07, 6.45) is 0.916. The molecule has 6 heteroatoms. The van der Waals surface area contributed by atoms with E-state index in [4.69, 9.17) is 20.8 Å². The highest BCUT2D eigenvalue weighted by Gasteiger charge is 2.15. The number of benzene rings is 2. The first kappa shape index (κ1) is 21.1. The molecule has 29 heavy (non-hydrogen) atoms. The number of hydrogen-bond acceptors (Lipinski definition) is 5. The largest absolute Gasteiger partial charge is 0.491 e. The lowest BCUT2D eigenvalue weighted by Crippen LogP contribution is -2.35. The quantitative estimate of drug-likeness (QED) is 0.493. The number of carbonyl (C=O) groups excluding carboxylic acids is 1. The summed E-state index contributed by atoms with van der Waals surface area (Å²) in [4.78, 5) is 13.6. The van der Waals surface area contributed by atoms with Gasteiger partial charge in [-0.25, -0.2) is 0 Å². The molecule has 1 aromatic heterocycles. The Morgan fingerprint density at radius 3 is 2.69 bits per heavy atom. The zero-order chi connectivity index (χ0) is 20.6. The van der Waals surface area contributed by atoms with Crippen LogP contribution in [0.5, 0.6) is 5.75 Å². The topological polar surface area (TPSA) is 62.9 Å². The molecule has 0 aliphatic carbocycles. The normalized spacial score (nSPS) is 12.1. The third-order valence-electron chi connectivity index (χ3n) is 4.41. The number of nitrogens with zero attached hydrogens (tertiary/aromatic N) is 1. The van der Waals surface area contributed by atoms with Crippen LogP contribution in [0.15, 0.2) is 71.3 Å². The van der Waals surface area contributed by atoms with E-state index in [-0.39, 0.29) is 12.4 Å². The van der Waals surface area contributed by atoms with Gasteiger partial charge in [-0.05, 0) is 48.9 Å². The minimum atomic E-state index is -0.717. The van der Waals surface area contributed by atoms with Crippen molar-refractivity contribution in [1.29, 1.82) is 0 Å². The molecule has 1 N–H and O–H groups in total. The van der Waals surface area contributed by atoms with Crippen molar-refractivity contribution in [3.05, 3.63) is 88.8 Å². The summed E-state index contributed by atoms with van der Waals surface area (Å²) >= 11 is 6.10.